The van der Waals surface area contributed by atoms with E-state index < -0.39 is 17.5 Å². The summed E-state index contributed by atoms with van der Waals surface area (Å²) in [6, 6.07) is 13.0. The third-order valence-electron chi connectivity index (χ3n) is 6.46. The molecule has 1 fully saturated rings. The number of hydrogen-bond donors (Lipinski definition) is 1. The van der Waals surface area contributed by atoms with Crippen LogP contribution >= 0.6 is 0 Å². The van der Waals surface area contributed by atoms with E-state index in [9.17, 15) is 14.4 Å². The molecule has 0 aliphatic carbocycles. The number of ether oxygens (including phenoxy) is 2. The highest BCUT2D eigenvalue weighted by Gasteiger charge is 2.43. The van der Waals surface area contributed by atoms with E-state index in [1.165, 1.54) is 6.20 Å². The Bertz CT molecular complexity index is 1320. The number of carbonyl (C=O) groups excluding carboxylic acids is 1. The van der Waals surface area contributed by atoms with E-state index >= 15 is 0 Å². The van der Waals surface area contributed by atoms with Gasteiger partial charge in [-0.3, -0.25) is 9.78 Å². The van der Waals surface area contributed by atoms with E-state index in [2.05, 4.69) is 21.4 Å². The van der Waals surface area contributed by atoms with E-state index in [0.29, 0.717) is 35.0 Å². The average molecular weight is 489 g/mol. The van der Waals surface area contributed by atoms with E-state index in [-0.39, 0.29) is 19.1 Å². The first kappa shape index (κ1) is 25.3. The van der Waals surface area contributed by atoms with Crippen molar-refractivity contribution in [2.24, 2.45) is 0 Å². The van der Waals surface area contributed by atoms with Gasteiger partial charge in [0.1, 0.15) is 6.67 Å². The summed E-state index contributed by atoms with van der Waals surface area (Å²) in [7, 11) is 0. The third kappa shape index (κ3) is 4.79. The number of nitrogens with zero attached hydrogens (tertiary/aromatic N) is 3. The second kappa shape index (κ2) is 10.0. The fourth-order valence-electron chi connectivity index (χ4n) is 4.07. The Labute approximate surface area is 210 Å². The van der Waals surface area contributed by atoms with Gasteiger partial charge in [-0.25, -0.2) is 9.37 Å². The van der Waals surface area contributed by atoms with Gasteiger partial charge in [0.15, 0.2) is 0 Å². The molecule has 3 aromatic rings. The number of aryl methyl sites for hydroxylation is 1. The van der Waals surface area contributed by atoms with E-state index in [1.54, 1.807) is 32.2 Å². The molecule has 1 amide bonds. The van der Waals surface area contributed by atoms with Crippen LogP contribution in [0.5, 0.6) is 5.88 Å². The quantitative estimate of drug-likeness (QED) is 0.471. The largest absolute Gasteiger partial charge is 0.478 e. The Kier molecular flexibility index (Phi) is 7.04. The van der Waals surface area contributed by atoms with Gasteiger partial charge < -0.3 is 14.8 Å². The second-order valence-electron chi connectivity index (χ2n) is 9.57. The SMILES string of the molecule is CCOc1ncc(-c2cc(NC(=O)c3ccnc(C(C)(C)C#N)c3)ccc2C)cc1C1(CF)COC1. The number of halogens is 1. The van der Waals surface area contributed by atoms with Crippen molar-refractivity contribution < 1.29 is 18.7 Å². The molecule has 8 heteroatoms. The molecule has 0 unspecified atom stereocenters. The van der Waals surface area contributed by atoms with Crippen LogP contribution in [0, 0.1) is 18.3 Å². The van der Waals surface area contributed by atoms with Gasteiger partial charge in [-0.2, -0.15) is 5.26 Å². The molecule has 1 aromatic carbocycles. The molecule has 36 heavy (non-hydrogen) atoms. The van der Waals surface area contributed by atoms with E-state index in [0.717, 1.165) is 16.7 Å². The van der Waals surface area contributed by atoms with E-state index in [1.807, 2.05) is 38.1 Å². The fourth-order valence-corrected chi connectivity index (χ4v) is 4.07. The molecule has 1 aliphatic rings. The Morgan fingerprint density at radius 1 is 1.25 bits per heavy atom. The van der Waals surface area contributed by atoms with Gasteiger partial charge in [0, 0.05) is 34.8 Å². The van der Waals surface area contributed by atoms with Crippen molar-refractivity contribution in [2.45, 2.75) is 38.5 Å². The molecule has 4 rings (SSSR count). The summed E-state index contributed by atoms with van der Waals surface area (Å²) in [6.07, 6.45) is 3.23. The van der Waals surface area contributed by atoms with Crippen molar-refractivity contribution in [3.8, 4) is 23.1 Å². The molecule has 2 aromatic heterocycles. The molecule has 1 saturated heterocycles. The molecule has 7 nitrogen and oxygen atoms in total. The Hall–Kier alpha value is -3.83. The molecule has 0 bridgehead atoms. The average Bonchev–Trinajstić information content (AvgIpc) is 2.86. The zero-order valence-electron chi connectivity index (χ0n) is 20.9. The lowest BCUT2D eigenvalue weighted by atomic mass is 9.79. The number of carbonyl (C=O) groups is 1. The molecule has 0 radical (unpaired) electrons. The molecular formula is C28H29FN4O3. The Balaban J connectivity index is 1.66. The molecule has 186 valence electrons. The lowest BCUT2D eigenvalue weighted by Gasteiger charge is -2.40. The number of anilines is 1. The topological polar surface area (TPSA) is 97.1 Å². The zero-order chi connectivity index (χ0) is 25.9. The van der Waals surface area contributed by atoms with Crippen LogP contribution in [-0.2, 0) is 15.6 Å². The number of rotatable bonds is 8. The van der Waals surface area contributed by atoms with Crippen molar-refractivity contribution in [1.29, 1.82) is 5.26 Å². The van der Waals surface area contributed by atoms with Crippen LogP contribution < -0.4 is 10.1 Å². The minimum atomic E-state index is -0.811. The summed E-state index contributed by atoms with van der Waals surface area (Å²) >= 11 is 0. The fraction of sp³-hybridized carbons (Fsp3) is 0.357. The zero-order valence-corrected chi connectivity index (χ0v) is 20.9. The Morgan fingerprint density at radius 2 is 2.03 bits per heavy atom. The highest BCUT2D eigenvalue weighted by atomic mass is 19.1. The van der Waals surface area contributed by atoms with Gasteiger partial charge in [0.2, 0.25) is 5.88 Å². The van der Waals surface area contributed by atoms with Crippen molar-refractivity contribution in [2.75, 3.05) is 31.8 Å². The van der Waals surface area contributed by atoms with Crippen molar-refractivity contribution in [3.05, 3.63) is 71.2 Å². The van der Waals surface area contributed by atoms with Crippen LogP contribution in [0.1, 0.15) is 48.0 Å². The number of aromatic nitrogens is 2. The molecule has 0 spiro atoms. The molecule has 1 N–H and O–H groups in total. The smallest absolute Gasteiger partial charge is 0.255 e. The molecule has 0 atom stereocenters. The minimum Gasteiger partial charge on any atom is -0.478 e. The van der Waals surface area contributed by atoms with Gasteiger partial charge in [-0.15, -0.1) is 0 Å². The van der Waals surface area contributed by atoms with Crippen LogP contribution in [0.3, 0.4) is 0 Å². The maximum atomic E-state index is 14.1. The van der Waals surface area contributed by atoms with Gasteiger partial charge in [-0.05, 0) is 69.2 Å². The van der Waals surface area contributed by atoms with Gasteiger partial charge in [0.05, 0.1) is 42.4 Å². The number of benzene rings is 1. The second-order valence-corrected chi connectivity index (χ2v) is 9.57. The van der Waals surface area contributed by atoms with Crippen molar-refractivity contribution in [3.63, 3.8) is 0 Å². The normalized spacial score (nSPS) is 14.4. The molecule has 0 saturated carbocycles. The minimum absolute atomic E-state index is 0.278. The first-order chi connectivity index (χ1) is 17.2. The third-order valence-corrected chi connectivity index (χ3v) is 6.46. The predicted molar refractivity (Wildman–Crippen MR) is 135 cm³/mol. The first-order valence-corrected chi connectivity index (χ1v) is 11.8. The summed E-state index contributed by atoms with van der Waals surface area (Å²) in [4.78, 5) is 21.7. The summed E-state index contributed by atoms with van der Waals surface area (Å²) in [5.74, 6) is 0.105. The van der Waals surface area contributed by atoms with Gasteiger partial charge in [-0.1, -0.05) is 6.07 Å². The van der Waals surface area contributed by atoms with Crippen LogP contribution in [0.2, 0.25) is 0 Å². The lowest BCUT2D eigenvalue weighted by Crippen LogP contribution is -2.49. The van der Waals surface area contributed by atoms with Crippen molar-refractivity contribution >= 4 is 11.6 Å². The highest BCUT2D eigenvalue weighted by molar-refractivity contribution is 6.04. The predicted octanol–water partition coefficient (Wildman–Crippen LogP) is 5.14. The Morgan fingerprint density at radius 3 is 2.67 bits per heavy atom. The van der Waals surface area contributed by atoms with Gasteiger partial charge in [0.25, 0.3) is 5.91 Å². The molecule has 1 aliphatic heterocycles. The lowest BCUT2D eigenvalue weighted by molar-refractivity contribution is -0.0718. The summed E-state index contributed by atoms with van der Waals surface area (Å²) in [5.41, 5.74) is 3.28. The summed E-state index contributed by atoms with van der Waals surface area (Å²) in [6.45, 7) is 7.75. The van der Waals surface area contributed by atoms with Gasteiger partial charge >= 0.3 is 0 Å². The van der Waals surface area contributed by atoms with E-state index in [4.69, 9.17) is 9.47 Å². The molecular weight excluding hydrogens is 459 g/mol. The summed E-state index contributed by atoms with van der Waals surface area (Å²) < 4.78 is 25.1. The van der Waals surface area contributed by atoms with Crippen LogP contribution in [0.25, 0.3) is 11.1 Å². The van der Waals surface area contributed by atoms with Crippen molar-refractivity contribution in [1.82, 2.24) is 9.97 Å². The number of pyridine rings is 2. The van der Waals surface area contributed by atoms with Crippen LogP contribution in [0.15, 0.2) is 48.8 Å². The number of nitriles is 1. The number of hydrogen-bond acceptors (Lipinski definition) is 6. The number of amides is 1. The number of nitrogens with one attached hydrogen (secondary N) is 1. The molecule has 3 heterocycles. The standard InChI is InChI=1S/C28H29FN4O3/c1-5-36-26-23(28(14-29)16-35-17-28)10-20(13-32-26)22-12-21(7-6-18(22)2)33-25(34)19-8-9-31-24(11-19)27(3,4)15-30/h6-13H,5,14,16-17H2,1-4H3,(H,33,34). The van der Waals surface area contributed by atoms with Crippen LogP contribution in [-0.4, -0.2) is 42.4 Å². The first-order valence-electron chi connectivity index (χ1n) is 11.8. The van der Waals surface area contributed by atoms with Crippen LogP contribution in [0.4, 0.5) is 10.1 Å². The maximum absolute atomic E-state index is 14.1. The summed E-state index contributed by atoms with van der Waals surface area (Å²) in [5, 5.41) is 12.3. The highest BCUT2D eigenvalue weighted by Crippen LogP contribution is 2.40. The maximum Gasteiger partial charge on any atom is 0.255 e. The monoisotopic (exact) mass is 488 g/mol. The number of alkyl halides is 1.